The van der Waals surface area contributed by atoms with Gasteiger partial charge >= 0.3 is 0 Å². The quantitative estimate of drug-likeness (QED) is 0.897. The molecule has 1 amide bonds. The molecular weight excluding hydrogens is 357 g/mol. The first-order valence-electron chi connectivity index (χ1n) is 7.14. The van der Waals surface area contributed by atoms with E-state index in [-0.39, 0.29) is 5.91 Å². The molecule has 1 saturated heterocycles. The Hall–Kier alpha value is -1.18. The molecule has 2 aromatic rings. The lowest BCUT2D eigenvalue weighted by molar-refractivity contribution is 0.0125. The number of aromatic nitrogens is 1. The molecule has 0 unspecified atom stereocenters. The molecule has 0 aliphatic carbocycles. The highest BCUT2D eigenvalue weighted by molar-refractivity contribution is 7.09. The molecule has 1 aliphatic heterocycles. The summed E-state index contributed by atoms with van der Waals surface area (Å²) in [5.74, 6) is -0.209. The molecule has 1 N–H and O–H groups in total. The molecule has 0 bridgehead atoms. The van der Waals surface area contributed by atoms with E-state index in [1.165, 1.54) is 11.3 Å². The minimum Gasteiger partial charge on any atom is -0.379 e. The second kappa shape index (κ2) is 7.59. The summed E-state index contributed by atoms with van der Waals surface area (Å²) in [6.45, 7) is 2.59. The summed E-state index contributed by atoms with van der Waals surface area (Å²) >= 11 is 13.8. The Kier molecular flexibility index (Phi) is 5.50. The maximum Gasteiger partial charge on any atom is 0.285 e. The number of hydrazine groups is 1. The molecule has 1 aromatic carbocycles. The second-order valence-corrected chi connectivity index (χ2v) is 6.80. The summed E-state index contributed by atoms with van der Waals surface area (Å²) in [4.78, 5) is 16.6. The van der Waals surface area contributed by atoms with Crippen LogP contribution in [0.3, 0.4) is 0 Å². The van der Waals surface area contributed by atoms with Crippen LogP contribution in [-0.4, -0.2) is 42.2 Å². The van der Waals surface area contributed by atoms with Gasteiger partial charge in [0.1, 0.15) is 5.69 Å². The van der Waals surface area contributed by atoms with Crippen LogP contribution in [0, 0.1) is 0 Å². The molecule has 0 atom stereocenters. The molecule has 0 spiro atoms. The summed E-state index contributed by atoms with van der Waals surface area (Å²) in [6, 6.07) is 5.39. The zero-order valence-electron chi connectivity index (χ0n) is 12.2. The van der Waals surface area contributed by atoms with E-state index in [1.807, 2.05) is 5.01 Å². The molecule has 1 fully saturated rings. The predicted molar refractivity (Wildman–Crippen MR) is 91.2 cm³/mol. The molecule has 122 valence electrons. The highest BCUT2D eigenvalue weighted by Gasteiger charge is 2.17. The fourth-order valence-corrected chi connectivity index (χ4v) is 3.54. The van der Waals surface area contributed by atoms with Gasteiger partial charge in [-0.3, -0.25) is 10.2 Å². The van der Waals surface area contributed by atoms with Gasteiger partial charge in [-0.25, -0.2) is 9.99 Å². The molecular formula is C15H15Cl2N3O2S. The molecule has 1 aromatic heterocycles. The minimum absolute atomic E-state index is 0.209. The average Bonchev–Trinajstić information content (AvgIpc) is 3.01. The monoisotopic (exact) mass is 371 g/mol. The van der Waals surface area contributed by atoms with Gasteiger partial charge in [0.05, 0.1) is 18.2 Å². The van der Waals surface area contributed by atoms with Gasteiger partial charge in [-0.15, -0.1) is 11.3 Å². The highest BCUT2D eigenvalue weighted by Crippen LogP contribution is 2.27. The lowest BCUT2D eigenvalue weighted by Gasteiger charge is -2.26. The van der Waals surface area contributed by atoms with Crippen molar-refractivity contribution in [1.82, 2.24) is 15.4 Å². The first-order chi connectivity index (χ1) is 11.1. The van der Waals surface area contributed by atoms with E-state index in [4.69, 9.17) is 27.9 Å². The van der Waals surface area contributed by atoms with Crippen molar-refractivity contribution in [3.8, 4) is 0 Å². The largest absolute Gasteiger partial charge is 0.379 e. The molecule has 0 radical (unpaired) electrons. The van der Waals surface area contributed by atoms with Crippen molar-refractivity contribution in [2.45, 2.75) is 6.42 Å². The summed E-state index contributed by atoms with van der Waals surface area (Å²) in [6.07, 6.45) is 0.508. The van der Waals surface area contributed by atoms with Crippen LogP contribution >= 0.6 is 34.5 Å². The Morgan fingerprint density at radius 2 is 2.00 bits per heavy atom. The Labute approximate surface area is 148 Å². The zero-order chi connectivity index (χ0) is 16.2. The molecule has 23 heavy (non-hydrogen) atoms. The van der Waals surface area contributed by atoms with E-state index in [1.54, 1.807) is 23.6 Å². The Bertz CT molecular complexity index is 682. The standard InChI is InChI=1S/C15H15Cl2N3O2S/c16-11-2-1-3-12(17)10(11)8-14-18-13(9-23-14)15(21)19-20-4-6-22-7-5-20/h1-3,9H,4-8H2,(H,19,21). The summed E-state index contributed by atoms with van der Waals surface area (Å²) in [5, 5.41) is 5.59. The number of amides is 1. The maximum absolute atomic E-state index is 12.2. The van der Waals surface area contributed by atoms with E-state index >= 15 is 0 Å². The number of halogens is 2. The SMILES string of the molecule is O=C(NN1CCOCC1)c1csc(Cc2c(Cl)cccc2Cl)n1. The molecule has 3 rings (SSSR count). The van der Waals surface area contributed by atoms with Crippen molar-refractivity contribution in [1.29, 1.82) is 0 Å². The topological polar surface area (TPSA) is 54.5 Å². The summed E-state index contributed by atoms with van der Waals surface area (Å²) < 4.78 is 5.25. The number of thiazole rings is 1. The number of nitrogens with zero attached hydrogens (tertiary/aromatic N) is 2. The van der Waals surface area contributed by atoms with E-state index in [0.29, 0.717) is 48.5 Å². The van der Waals surface area contributed by atoms with E-state index in [9.17, 15) is 4.79 Å². The van der Waals surface area contributed by atoms with Crippen molar-refractivity contribution in [3.63, 3.8) is 0 Å². The molecule has 5 nitrogen and oxygen atoms in total. The fourth-order valence-electron chi connectivity index (χ4n) is 2.22. The van der Waals surface area contributed by atoms with Crippen molar-refractivity contribution in [2.24, 2.45) is 0 Å². The third kappa shape index (κ3) is 4.22. The van der Waals surface area contributed by atoms with Crippen molar-refractivity contribution in [2.75, 3.05) is 26.3 Å². The smallest absolute Gasteiger partial charge is 0.285 e. The maximum atomic E-state index is 12.2. The third-order valence-electron chi connectivity index (χ3n) is 3.44. The summed E-state index contributed by atoms with van der Waals surface area (Å²) in [7, 11) is 0. The van der Waals surface area contributed by atoms with Crippen molar-refractivity contribution in [3.05, 3.63) is 49.9 Å². The van der Waals surface area contributed by atoms with E-state index in [0.717, 1.165) is 10.6 Å². The van der Waals surface area contributed by atoms with Crippen LogP contribution in [0.4, 0.5) is 0 Å². The van der Waals surface area contributed by atoms with Crippen molar-refractivity contribution < 1.29 is 9.53 Å². The number of carbonyl (C=O) groups excluding carboxylic acids is 1. The average molecular weight is 372 g/mol. The minimum atomic E-state index is -0.209. The van der Waals surface area contributed by atoms with Crippen LogP contribution in [0.15, 0.2) is 23.6 Å². The van der Waals surface area contributed by atoms with E-state index < -0.39 is 0 Å². The normalized spacial score (nSPS) is 15.6. The number of carbonyl (C=O) groups is 1. The first kappa shape index (κ1) is 16.7. The third-order valence-corrected chi connectivity index (χ3v) is 5.00. The number of rotatable bonds is 4. The lowest BCUT2D eigenvalue weighted by Crippen LogP contribution is -2.48. The van der Waals surface area contributed by atoms with Crippen LogP contribution in [0.25, 0.3) is 0 Å². The predicted octanol–water partition coefficient (Wildman–Crippen LogP) is 3.02. The first-order valence-corrected chi connectivity index (χ1v) is 8.78. The van der Waals surface area contributed by atoms with Gasteiger partial charge in [-0.1, -0.05) is 29.3 Å². The summed E-state index contributed by atoms with van der Waals surface area (Å²) in [5.41, 5.74) is 4.07. The number of hydrogen-bond acceptors (Lipinski definition) is 5. The number of benzene rings is 1. The number of ether oxygens (including phenoxy) is 1. The number of morpholine rings is 1. The van der Waals surface area contributed by atoms with E-state index in [2.05, 4.69) is 10.4 Å². The van der Waals surface area contributed by atoms with Crippen LogP contribution in [0.1, 0.15) is 21.1 Å². The highest BCUT2D eigenvalue weighted by atomic mass is 35.5. The molecule has 2 heterocycles. The van der Waals surface area contributed by atoms with Gasteiger partial charge in [0.15, 0.2) is 0 Å². The number of nitrogens with one attached hydrogen (secondary N) is 1. The van der Waals surface area contributed by atoms with Gasteiger partial charge in [-0.05, 0) is 17.7 Å². The Morgan fingerprint density at radius 3 is 2.70 bits per heavy atom. The fraction of sp³-hybridized carbons (Fsp3) is 0.333. The Morgan fingerprint density at radius 1 is 1.30 bits per heavy atom. The van der Waals surface area contributed by atoms with Gasteiger partial charge in [0.2, 0.25) is 0 Å². The lowest BCUT2D eigenvalue weighted by atomic mass is 10.1. The van der Waals surface area contributed by atoms with Crippen LogP contribution in [0.2, 0.25) is 10.0 Å². The van der Waals surface area contributed by atoms with Gasteiger partial charge in [0, 0.05) is 34.9 Å². The molecule has 0 saturated carbocycles. The second-order valence-electron chi connectivity index (χ2n) is 5.04. The van der Waals surface area contributed by atoms with Crippen LogP contribution < -0.4 is 5.43 Å². The van der Waals surface area contributed by atoms with Gasteiger partial charge in [-0.2, -0.15) is 0 Å². The van der Waals surface area contributed by atoms with Gasteiger partial charge in [0.25, 0.3) is 5.91 Å². The molecule has 8 heteroatoms. The van der Waals surface area contributed by atoms with Crippen LogP contribution in [-0.2, 0) is 11.2 Å². The zero-order valence-corrected chi connectivity index (χ0v) is 14.5. The van der Waals surface area contributed by atoms with Gasteiger partial charge < -0.3 is 4.74 Å². The van der Waals surface area contributed by atoms with Crippen LogP contribution in [0.5, 0.6) is 0 Å². The van der Waals surface area contributed by atoms with Crippen molar-refractivity contribution >= 4 is 40.4 Å². The molecule has 1 aliphatic rings. The number of hydrogen-bond donors (Lipinski definition) is 1. The Balaban J connectivity index is 1.66.